The molecule has 5 rings (SSSR count). The average Bonchev–Trinajstić information content (AvgIpc) is 2.75. The number of hydrogen-bond acceptors (Lipinski definition) is 2. The number of anilines is 1. The first-order valence-corrected chi connectivity index (χ1v) is 8.48. The number of imide groups is 1. The van der Waals surface area contributed by atoms with Crippen molar-refractivity contribution in [2.45, 2.75) is 19.8 Å². The normalized spacial score (nSPS) is 33.7. The molecule has 108 valence electrons. The van der Waals surface area contributed by atoms with Crippen LogP contribution in [-0.4, -0.2) is 11.8 Å². The topological polar surface area (TPSA) is 37.4 Å². The minimum absolute atomic E-state index is 0.00774. The van der Waals surface area contributed by atoms with Crippen LogP contribution in [-0.2, 0) is 9.59 Å². The Hall–Kier alpha value is -1.17. The molecule has 1 aromatic rings. The molecule has 1 aliphatic heterocycles. The van der Waals surface area contributed by atoms with Crippen LogP contribution in [0.15, 0.2) is 30.4 Å². The van der Waals surface area contributed by atoms with Gasteiger partial charge in [-0.05, 0) is 78.0 Å². The molecule has 2 fully saturated rings. The van der Waals surface area contributed by atoms with E-state index in [0.29, 0.717) is 0 Å². The van der Waals surface area contributed by atoms with Crippen LogP contribution in [0.3, 0.4) is 0 Å². The monoisotopic (exact) mass is 393 g/mol. The Balaban J connectivity index is 1.78. The number of halogens is 1. The fraction of sp³-hybridized carbons (Fsp3) is 0.412. The summed E-state index contributed by atoms with van der Waals surface area (Å²) in [4.78, 5) is 27.2. The van der Waals surface area contributed by atoms with Crippen LogP contribution in [0.5, 0.6) is 0 Å². The van der Waals surface area contributed by atoms with Gasteiger partial charge in [0.05, 0.1) is 17.5 Å². The molecule has 1 heterocycles. The predicted octanol–water partition coefficient (Wildman–Crippen LogP) is 3.30. The summed E-state index contributed by atoms with van der Waals surface area (Å²) in [6.07, 6.45) is 6.40. The lowest BCUT2D eigenvalue weighted by Crippen LogP contribution is -2.38. The molecule has 3 aliphatic carbocycles. The van der Waals surface area contributed by atoms with Crippen LogP contribution in [0.2, 0.25) is 0 Å². The smallest absolute Gasteiger partial charge is 0.238 e. The number of carbonyl (C=O) groups is 2. The van der Waals surface area contributed by atoms with Crippen molar-refractivity contribution in [3.63, 3.8) is 0 Å². The molecule has 4 aliphatic rings. The molecule has 2 bridgehead atoms. The third-order valence-electron chi connectivity index (χ3n) is 5.16. The van der Waals surface area contributed by atoms with Crippen molar-refractivity contribution >= 4 is 40.1 Å². The van der Waals surface area contributed by atoms with E-state index in [1.165, 1.54) is 4.90 Å². The van der Waals surface area contributed by atoms with E-state index in [-0.39, 0.29) is 35.5 Å². The Morgan fingerprint density at radius 3 is 2.10 bits per heavy atom. The number of nitrogens with zero attached hydrogens (tertiary/aromatic N) is 1. The van der Waals surface area contributed by atoms with E-state index in [1.54, 1.807) is 0 Å². The first-order chi connectivity index (χ1) is 10.1. The number of aryl methyl sites for hydroxylation is 1. The average molecular weight is 393 g/mol. The first-order valence-electron chi connectivity index (χ1n) is 7.40. The summed E-state index contributed by atoms with van der Waals surface area (Å²) in [6, 6.07) is 5.88. The van der Waals surface area contributed by atoms with E-state index in [9.17, 15) is 9.59 Å². The van der Waals surface area contributed by atoms with Gasteiger partial charge in [-0.3, -0.25) is 9.59 Å². The lowest BCUT2D eigenvalue weighted by Gasteiger charge is -2.38. The minimum atomic E-state index is -0.125. The highest BCUT2D eigenvalue weighted by Gasteiger charge is 2.56. The van der Waals surface area contributed by atoms with Crippen LogP contribution in [0, 0.1) is 34.2 Å². The highest BCUT2D eigenvalue weighted by molar-refractivity contribution is 14.1. The molecule has 0 aromatic heterocycles. The number of hydrogen-bond donors (Lipinski definition) is 0. The molecular formula is C17H16INO2. The van der Waals surface area contributed by atoms with Crippen molar-refractivity contribution in [2.24, 2.45) is 23.7 Å². The van der Waals surface area contributed by atoms with Crippen molar-refractivity contribution in [1.82, 2.24) is 0 Å². The van der Waals surface area contributed by atoms with Gasteiger partial charge in [0.2, 0.25) is 11.8 Å². The predicted molar refractivity (Wildman–Crippen MR) is 88.7 cm³/mol. The van der Waals surface area contributed by atoms with E-state index in [2.05, 4.69) is 34.7 Å². The van der Waals surface area contributed by atoms with Gasteiger partial charge in [0.1, 0.15) is 0 Å². The second-order valence-corrected chi connectivity index (χ2v) is 7.53. The summed E-state index contributed by atoms with van der Waals surface area (Å²) in [5.41, 5.74) is 1.75. The molecule has 21 heavy (non-hydrogen) atoms. The molecule has 0 N–H and O–H groups in total. The standard InChI is InChI=1S/C17H16INO2/c1-9-8-12(18)6-7-13(9)19-16(20)14-10-2-3-11(5-4-10)15(14)17(19)21/h2-3,6-8,10-11,14-15H,4-5H2,1H3. The van der Waals surface area contributed by atoms with Gasteiger partial charge in [0.25, 0.3) is 0 Å². The van der Waals surface area contributed by atoms with Crippen molar-refractivity contribution in [3.8, 4) is 0 Å². The molecule has 1 saturated heterocycles. The Morgan fingerprint density at radius 1 is 1.05 bits per heavy atom. The SMILES string of the molecule is Cc1cc(I)ccc1N1C(=O)C2C3C=CC(CC3)C2C1=O. The van der Waals surface area contributed by atoms with Gasteiger partial charge < -0.3 is 0 Å². The number of fused-ring (bicyclic) bond motifs is 1. The number of allylic oxidation sites excluding steroid dienone is 2. The van der Waals surface area contributed by atoms with E-state index in [0.717, 1.165) is 27.7 Å². The molecule has 3 nitrogen and oxygen atoms in total. The fourth-order valence-electron chi connectivity index (χ4n) is 4.18. The summed E-state index contributed by atoms with van der Waals surface area (Å²) >= 11 is 2.25. The van der Waals surface area contributed by atoms with Crippen molar-refractivity contribution in [1.29, 1.82) is 0 Å². The maximum Gasteiger partial charge on any atom is 0.238 e. The zero-order valence-corrected chi connectivity index (χ0v) is 13.9. The molecule has 0 radical (unpaired) electrons. The molecule has 0 spiro atoms. The minimum Gasteiger partial charge on any atom is -0.274 e. The Bertz CT molecular complexity index is 649. The van der Waals surface area contributed by atoms with E-state index in [4.69, 9.17) is 0 Å². The highest BCUT2D eigenvalue weighted by atomic mass is 127. The van der Waals surface area contributed by atoms with Gasteiger partial charge in [0, 0.05) is 3.57 Å². The summed E-state index contributed by atoms with van der Waals surface area (Å²) in [6.45, 7) is 1.97. The second kappa shape index (κ2) is 4.66. The van der Waals surface area contributed by atoms with Crippen LogP contribution in [0.25, 0.3) is 0 Å². The largest absolute Gasteiger partial charge is 0.274 e. The van der Waals surface area contributed by atoms with Crippen molar-refractivity contribution in [3.05, 3.63) is 39.5 Å². The van der Waals surface area contributed by atoms with Gasteiger partial charge in [-0.15, -0.1) is 0 Å². The van der Waals surface area contributed by atoms with Gasteiger partial charge in [-0.1, -0.05) is 12.2 Å². The quantitative estimate of drug-likeness (QED) is 0.417. The second-order valence-electron chi connectivity index (χ2n) is 6.28. The fourth-order valence-corrected chi connectivity index (χ4v) is 4.83. The molecule has 1 aromatic carbocycles. The molecule has 4 heteroatoms. The lowest BCUT2D eigenvalue weighted by atomic mass is 9.63. The van der Waals surface area contributed by atoms with Gasteiger partial charge in [-0.2, -0.15) is 0 Å². The summed E-state index contributed by atoms with van der Waals surface area (Å²) < 4.78 is 1.12. The number of carbonyl (C=O) groups excluding carboxylic acids is 2. The zero-order chi connectivity index (χ0) is 14.7. The van der Waals surface area contributed by atoms with Gasteiger partial charge in [0.15, 0.2) is 0 Å². The van der Waals surface area contributed by atoms with Crippen LogP contribution in [0.4, 0.5) is 5.69 Å². The Morgan fingerprint density at radius 2 is 1.62 bits per heavy atom. The third-order valence-corrected chi connectivity index (χ3v) is 5.83. The molecule has 1 saturated carbocycles. The summed E-state index contributed by atoms with van der Waals surface area (Å²) in [5.74, 6) is 0.276. The van der Waals surface area contributed by atoms with Crippen molar-refractivity contribution in [2.75, 3.05) is 4.90 Å². The van der Waals surface area contributed by atoms with Crippen molar-refractivity contribution < 1.29 is 9.59 Å². The van der Waals surface area contributed by atoms with E-state index >= 15 is 0 Å². The number of amides is 2. The van der Waals surface area contributed by atoms with E-state index < -0.39 is 0 Å². The van der Waals surface area contributed by atoms with Gasteiger partial charge in [-0.25, -0.2) is 4.90 Å². The molecule has 4 atom stereocenters. The van der Waals surface area contributed by atoms with E-state index in [1.807, 2.05) is 25.1 Å². The van der Waals surface area contributed by atoms with Gasteiger partial charge >= 0.3 is 0 Å². The summed E-state index contributed by atoms with van der Waals surface area (Å²) in [5, 5.41) is 0. The zero-order valence-electron chi connectivity index (χ0n) is 11.8. The third kappa shape index (κ3) is 1.84. The Kier molecular flexibility index (Phi) is 3.00. The maximum atomic E-state index is 12.8. The summed E-state index contributed by atoms with van der Waals surface area (Å²) in [7, 11) is 0. The van der Waals surface area contributed by atoms with Crippen LogP contribution < -0.4 is 4.90 Å². The Labute approximate surface area is 137 Å². The molecule has 4 unspecified atom stereocenters. The number of rotatable bonds is 1. The van der Waals surface area contributed by atoms with Crippen LogP contribution in [0.1, 0.15) is 18.4 Å². The number of benzene rings is 1. The molecule has 2 amide bonds. The first kappa shape index (κ1) is 13.5. The molecular weight excluding hydrogens is 377 g/mol. The van der Waals surface area contributed by atoms with Crippen LogP contribution >= 0.6 is 22.6 Å². The highest BCUT2D eigenvalue weighted by Crippen LogP contribution is 2.50. The maximum absolute atomic E-state index is 12.8. The lowest BCUT2D eigenvalue weighted by molar-refractivity contribution is -0.124.